The van der Waals surface area contributed by atoms with Crippen molar-refractivity contribution in [1.82, 2.24) is 0 Å². The first-order valence-electron chi connectivity index (χ1n) is 24.8. The quantitative estimate of drug-likeness (QED) is 0.127. The van der Waals surface area contributed by atoms with Crippen molar-refractivity contribution in [3.8, 4) is 44.5 Å². The van der Waals surface area contributed by atoms with Crippen molar-refractivity contribution >= 4 is 70.4 Å². The van der Waals surface area contributed by atoms with E-state index in [9.17, 15) is 0 Å². The topological polar surface area (TPSA) is 13.0 Å². The summed E-state index contributed by atoms with van der Waals surface area (Å²) in [5, 5.41) is 0. The second kappa shape index (κ2) is 18.6. The van der Waals surface area contributed by atoms with Crippen molar-refractivity contribution < 1.29 is 0 Å². The molecule has 0 fully saturated rings. The predicted octanol–water partition coefficient (Wildman–Crippen LogP) is 15.7. The van der Waals surface area contributed by atoms with E-state index in [-0.39, 0.29) is 14.0 Å². The van der Waals surface area contributed by atoms with Crippen LogP contribution in [0.3, 0.4) is 0 Å². The molecule has 72 heavy (non-hydrogen) atoms. The van der Waals surface area contributed by atoms with Crippen molar-refractivity contribution in [2.75, 3.05) is 19.2 Å². The van der Waals surface area contributed by atoms with Crippen LogP contribution in [0.2, 0.25) is 0 Å². The van der Waals surface area contributed by atoms with E-state index in [2.05, 4.69) is 310 Å². The van der Waals surface area contributed by atoms with Crippen LogP contribution in [-0.4, -0.2) is 14.0 Å². The first kappa shape index (κ1) is 42.8. The summed E-state index contributed by atoms with van der Waals surface area (Å²) in [6.07, 6.45) is 0. The number of hydrogen-bond donors (Lipinski definition) is 0. The highest BCUT2D eigenvalue weighted by atomic mass is 15.3. The molecule has 0 bridgehead atoms. The summed E-state index contributed by atoms with van der Waals surface area (Å²) in [6, 6.07) is 106. The molecule has 0 amide bonds. The molecule has 0 aromatic heterocycles. The van der Waals surface area contributed by atoms with Gasteiger partial charge in [-0.1, -0.05) is 212 Å². The third kappa shape index (κ3) is 7.80. The van der Waals surface area contributed by atoms with Crippen LogP contribution >= 0.6 is 0 Å². The zero-order valence-electron chi connectivity index (χ0n) is 39.7. The van der Waals surface area contributed by atoms with Crippen LogP contribution in [-0.2, 0) is 0 Å². The summed E-state index contributed by atoms with van der Waals surface area (Å²) in [5.74, 6) is 0. The number of fused-ring (bicyclic) bond motifs is 2. The second-order valence-corrected chi connectivity index (χ2v) is 18.5. The van der Waals surface area contributed by atoms with E-state index >= 15 is 0 Å². The van der Waals surface area contributed by atoms with Crippen molar-refractivity contribution in [3.05, 3.63) is 291 Å². The van der Waals surface area contributed by atoms with Gasteiger partial charge in [0.25, 0.3) is 0 Å². The molecule has 2 aliphatic rings. The van der Waals surface area contributed by atoms with Gasteiger partial charge in [-0.2, -0.15) is 0 Å². The smallest absolute Gasteiger partial charge is 0.360 e. The molecule has 0 saturated carbocycles. The van der Waals surface area contributed by atoms with E-state index < -0.39 is 0 Å². The molecule has 0 aliphatic carbocycles. The van der Waals surface area contributed by atoms with Gasteiger partial charge in [0.15, 0.2) is 0 Å². The summed E-state index contributed by atoms with van der Waals surface area (Å²) in [6.45, 7) is -0.243. The molecule has 0 radical (unpaired) electrons. The van der Waals surface area contributed by atoms with Crippen LogP contribution in [0.5, 0.6) is 0 Å². The highest BCUT2D eigenvalue weighted by Gasteiger charge is 2.45. The molecule has 13 rings (SSSR count). The van der Waals surface area contributed by atoms with E-state index in [4.69, 9.17) is 0 Å². The molecule has 0 unspecified atom stereocenters. The maximum Gasteiger partial charge on any atom is 0.420 e. The fourth-order valence-corrected chi connectivity index (χ4v) is 10.9. The van der Waals surface area contributed by atoms with Gasteiger partial charge in [0, 0.05) is 22.7 Å². The molecule has 4 nitrogen and oxygen atoms in total. The Morgan fingerprint density at radius 3 is 0.792 bits per heavy atom. The minimum Gasteiger partial charge on any atom is -0.360 e. The first-order chi connectivity index (χ1) is 35.7. The average molecular weight is 919 g/mol. The monoisotopic (exact) mass is 918 g/mol. The maximum absolute atomic E-state index is 2.50. The van der Waals surface area contributed by atoms with Crippen molar-refractivity contribution in [2.45, 2.75) is 0 Å². The molecule has 11 aromatic rings. The lowest BCUT2D eigenvalue weighted by Crippen LogP contribution is -2.53. The van der Waals surface area contributed by atoms with Gasteiger partial charge < -0.3 is 19.2 Å². The molecule has 0 atom stereocenters. The third-order valence-electron chi connectivity index (χ3n) is 14.3. The minimum absolute atomic E-state index is 0.121. The number of nitrogens with zero attached hydrogens (tertiary/aromatic N) is 4. The van der Waals surface area contributed by atoms with Crippen molar-refractivity contribution in [1.29, 1.82) is 0 Å². The van der Waals surface area contributed by atoms with Crippen LogP contribution < -0.4 is 30.2 Å². The lowest BCUT2D eigenvalue weighted by Gasteiger charge is -2.30. The van der Waals surface area contributed by atoms with Gasteiger partial charge in [-0.05, 0) is 134 Å². The lowest BCUT2D eigenvalue weighted by molar-refractivity contribution is 1.39. The molecule has 0 saturated heterocycles. The Balaban J connectivity index is 0.840. The van der Waals surface area contributed by atoms with Crippen LogP contribution in [0.25, 0.3) is 44.5 Å². The summed E-state index contributed by atoms with van der Waals surface area (Å²) in [5.41, 5.74) is 21.2. The molecule has 0 spiro atoms. The van der Waals surface area contributed by atoms with Gasteiger partial charge in [0.2, 0.25) is 0 Å². The van der Waals surface area contributed by atoms with Gasteiger partial charge in [0.1, 0.15) is 0 Å². The summed E-state index contributed by atoms with van der Waals surface area (Å²) in [7, 11) is 0. The third-order valence-corrected chi connectivity index (χ3v) is 14.3. The molecule has 11 aromatic carbocycles. The fourth-order valence-electron chi connectivity index (χ4n) is 10.9. The van der Waals surface area contributed by atoms with E-state index in [0.717, 1.165) is 22.7 Å². The number of anilines is 8. The number of rotatable bonds is 10. The lowest BCUT2D eigenvalue weighted by atomic mass is 9.64. The Hall–Kier alpha value is -9.25. The van der Waals surface area contributed by atoms with Crippen LogP contribution in [0.4, 0.5) is 45.5 Å². The fraction of sp³-hybridized carbons (Fsp3) is 0. The Kier molecular flexibility index (Phi) is 11.1. The van der Waals surface area contributed by atoms with Gasteiger partial charge in [-0.3, -0.25) is 0 Å². The first-order valence-corrected chi connectivity index (χ1v) is 24.8. The normalized spacial score (nSPS) is 12.8. The van der Waals surface area contributed by atoms with E-state index in [1.54, 1.807) is 0 Å². The highest BCUT2D eigenvalue weighted by molar-refractivity contribution is 6.85. The Labute approximate surface area is 423 Å². The summed E-state index contributed by atoms with van der Waals surface area (Å²) < 4.78 is 0. The highest BCUT2D eigenvalue weighted by Crippen LogP contribution is 2.48. The molecule has 6 heteroatoms. The number of para-hydroxylation sites is 6. The summed E-state index contributed by atoms with van der Waals surface area (Å²) >= 11 is 0. The van der Waals surface area contributed by atoms with Gasteiger partial charge in [-0.25, -0.2) is 0 Å². The average Bonchev–Trinajstić information content (AvgIpc) is 4.00. The zero-order chi connectivity index (χ0) is 47.8. The van der Waals surface area contributed by atoms with Gasteiger partial charge >= 0.3 is 14.0 Å². The molecule has 2 aliphatic heterocycles. The predicted molar refractivity (Wildman–Crippen MR) is 306 cm³/mol. The number of benzene rings is 11. The largest absolute Gasteiger partial charge is 0.420 e. The molecule has 2 heterocycles. The Bertz CT molecular complexity index is 3430. The van der Waals surface area contributed by atoms with Crippen molar-refractivity contribution in [3.63, 3.8) is 0 Å². The van der Waals surface area contributed by atoms with E-state index in [0.29, 0.717) is 0 Å². The van der Waals surface area contributed by atoms with Gasteiger partial charge in [0.05, 0.1) is 22.7 Å². The second-order valence-electron chi connectivity index (χ2n) is 18.5. The van der Waals surface area contributed by atoms with Crippen LogP contribution in [0, 0.1) is 0 Å². The van der Waals surface area contributed by atoms with Crippen LogP contribution in [0.1, 0.15) is 0 Å². The molecular weight excluding hydrogens is 870 g/mol. The maximum atomic E-state index is 2.50. The summed E-state index contributed by atoms with van der Waals surface area (Å²) in [4.78, 5) is 9.96. The van der Waals surface area contributed by atoms with Gasteiger partial charge in [-0.15, -0.1) is 0 Å². The number of hydrogen-bond acceptors (Lipinski definition) is 4. The molecular formula is C66H48B2N4. The minimum atomic E-state index is -0.121. The molecule has 338 valence electrons. The van der Waals surface area contributed by atoms with Crippen molar-refractivity contribution in [2.24, 2.45) is 0 Å². The Morgan fingerprint density at radius 2 is 0.431 bits per heavy atom. The van der Waals surface area contributed by atoms with E-state index in [1.807, 2.05) is 0 Å². The molecule has 0 N–H and O–H groups in total. The Morgan fingerprint density at radius 1 is 0.181 bits per heavy atom. The van der Waals surface area contributed by atoms with E-state index in [1.165, 1.54) is 78.2 Å². The zero-order valence-corrected chi connectivity index (χ0v) is 39.7. The standard InChI is InChI=1S/C66H48B2N4/c1-5-20-49(21-6-1)55-26-18-32-61(47-55)71-65-36-15-13-34-63(65)69(59-28-9-3-10-29-59)67(71)57-42-38-51(39-43-57)53-24-17-25-54(46-53)52-40-44-58(45-41-52)68-70(60-30-11-4-12-31-60)64-35-14-16-37-66(64)72(68)62-33-19-27-56(48-62)50-22-7-2-8-23-50/h1-48H. The van der Waals surface area contributed by atoms with Crippen LogP contribution in [0.15, 0.2) is 291 Å². The SMILES string of the molecule is c1ccc(-c2cccc(N3B(c4ccc(-c5cccc(-c6ccc(B7N(c8ccccc8)c8ccccc8N7c7cccc(-c8ccccc8)c7)cc6)c5)cc4)N(c4ccccc4)c4ccccc43)c2)cc1.